The maximum Gasteiger partial charge on any atom is 0.354 e. The largest absolute Gasteiger partial charge is 0.497 e. The standard InChI is InChI=1S/C26H19FN2O3/c1-32-19-12-8-17(9-13-19)24-25-21(14-22(28-24)26(30)31)20-4-2-3-5-23(20)29(25)15-16-6-10-18(27)11-7-16/h2-14H,15H2,1H3,(H,30,31). The number of aromatic carboxylic acids is 1. The van der Waals surface area contributed by atoms with Crippen LogP contribution in [-0.2, 0) is 6.54 Å². The van der Waals surface area contributed by atoms with Crippen molar-refractivity contribution >= 4 is 27.8 Å². The van der Waals surface area contributed by atoms with Gasteiger partial charge in [0.1, 0.15) is 17.3 Å². The number of halogens is 1. The second kappa shape index (κ2) is 7.81. The maximum absolute atomic E-state index is 13.5. The van der Waals surface area contributed by atoms with Crippen LogP contribution in [-0.4, -0.2) is 27.7 Å². The molecule has 5 aromatic rings. The molecule has 0 amide bonds. The molecule has 0 spiro atoms. The van der Waals surface area contributed by atoms with Gasteiger partial charge in [-0.25, -0.2) is 14.2 Å². The van der Waals surface area contributed by atoms with Gasteiger partial charge in [0.25, 0.3) is 0 Å². The Morgan fingerprint density at radius 1 is 1.00 bits per heavy atom. The minimum absolute atomic E-state index is 0.0204. The molecule has 0 atom stereocenters. The number of carboxylic acid groups (broad SMARTS) is 1. The zero-order valence-electron chi connectivity index (χ0n) is 17.2. The van der Waals surface area contributed by atoms with Gasteiger partial charge >= 0.3 is 5.97 Å². The number of hydrogen-bond acceptors (Lipinski definition) is 3. The van der Waals surface area contributed by atoms with Crippen LogP contribution in [0.25, 0.3) is 33.1 Å². The van der Waals surface area contributed by atoms with E-state index in [0.29, 0.717) is 18.0 Å². The molecule has 5 nitrogen and oxygen atoms in total. The lowest BCUT2D eigenvalue weighted by molar-refractivity contribution is 0.0691. The summed E-state index contributed by atoms with van der Waals surface area (Å²) in [4.78, 5) is 16.4. The van der Waals surface area contributed by atoms with E-state index in [1.54, 1.807) is 25.3 Å². The molecule has 0 aliphatic rings. The highest BCUT2D eigenvalue weighted by Crippen LogP contribution is 2.36. The summed E-state index contributed by atoms with van der Waals surface area (Å²) in [5.74, 6) is -0.675. The summed E-state index contributed by atoms with van der Waals surface area (Å²) in [6.07, 6.45) is 0. The molecule has 0 fully saturated rings. The molecule has 158 valence electrons. The zero-order valence-corrected chi connectivity index (χ0v) is 17.2. The predicted molar refractivity (Wildman–Crippen MR) is 122 cm³/mol. The minimum Gasteiger partial charge on any atom is -0.497 e. The van der Waals surface area contributed by atoms with Crippen molar-refractivity contribution in [3.63, 3.8) is 0 Å². The van der Waals surface area contributed by atoms with Crippen LogP contribution in [0.3, 0.4) is 0 Å². The van der Waals surface area contributed by atoms with Gasteiger partial charge < -0.3 is 14.4 Å². The molecule has 2 heterocycles. The van der Waals surface area contributed by atoms with Crippen molar-refractivity contribution in [1.29, 1.82) is 0 Å². The van der Waals surface area contributed by atoms with Gasteiger partial charge in [-0.3, -0.25) is 0 Å². The molecule has 5 rings (SSSR count). The number of methoxy groups -OCH3 is 1. The Kier molecular flexibility index (Phi) is 4.82. The Morgan fingerprint density at radius 2 is 1.72 bits per heavy atom. The molecule has 0 bridgehead atoms. The van der Waals surface area contributed by atoms with Crippen LogP contribution >= 0.6 is 0 Å². The first kappa shape index (κ1) is 19.8. The van der Waals surface area contributed by atoms with Crippen molar-refractivity contribution in [2.75, 3.05) is 7.11 Å². The van der Waals surface area contributed by atoms with Gasteiger partial charge in [0.05, 0.1) is 18.3 Å². The Hall–Kier alpha value is -4.19. The first-order chi connectivity index (χ1) is 15.5. The lowest BCUT2D eigenvalue weighted by atomic mass is 10.1. The van der Waals surface area contributed by atoms with E-state index in [-0.39, 0.29) is 11.5 Å². The Labute approximate surface area is 183 Å². The SMILES string of the molecule is COc1ccc(-c2nc(C(=O)O)cc3c4ccccc4n(Cc4ccc(F)cc4)c23)cc1. The molecular formula is C26H19FN2O3. The summed E-state index contributed by atoms with van der Waals surface area (Å²) in [5.41, 5.74) is 4.03. The minimum atomic E-state index is -1.09. The van der Waals surface area contributed by atoms with Crippen LogP contribution < -0.4 is 4.74 Å². The number of aromatic nitrogens is 2. The number of para-hydroxylation sites is 1. The second-order valence-electron chi connectivity index (χ2n) is 7.52. The molecule has 0 saturated carbocycles. The van der Waals surface area contributed by atoms with Crippen molar-refractivity contribution in [2.24, 2.45) is 0 Å². The van der Waals surface area contributed by atoms with Gasteiger partial charge in [-0.05, 0) is 54.1 Å². The average Bonchev–Trinajstić information content (AvgIpc) is 3.13. The Bertz CT molecular complexity index is 1460. The summed E-state index contributed by atoms with van der Waals surface area (Å²) in [5, 5.41) is 11.5. The van der Waals surface area contributed by atoms with Crippen molar-refractivity contribution in [3.05, 3.63) is 95.9 Å². The van der Waals surface area contributed by atoms with Crippen LogP contribution in [0.1, 0.15) is 16.1 Å². The topological polar surface area (TPSA) is 64.3 Å². The smallest absolute Gasteiger partial charge is 0.354 e. The number of rotatable bonds is 5. The van der Waals surface area contributed by atoms with Gasteiger partial charge in [0, 0.05) is 28.4 Å². The normalized spacial score (nSPS) is 11.2. The molecule has 0 unspecified atom stereocenters. The number of hydrogen-bond donors (Lipinski definition) is 1. The number of benzene rings is 3. The lowest BCUT2D eigenvalue weighted by Crippen LogP contribution is -2.05. The molecule has 2 aromatic heterocycles. The van der Waals surface area contributed by atoms with Crippen molar-refractivity contribution in [3.8, 4) is 17.0 Å². The molecule has 6 heteroatoms. The third-order valence-corrected chi connectivity index (χ3v) is 5.58. The first-order valence-corrected chi connectivity index (χ1v) is 10.1. The Balaban J connectivity index is 1.84. The third-order valence-electron chi connectivity index (χ3n) is 5.58. The number of pyridine rings is 1. The fraction of sp³-hybridized carbons (Fsp3) is 0.0769. The van der Waals surface area contributed by atoms with E-state index >= 15 is 0 Å². The Morgan fingerprint density at radius 3 is 2.41 bits per heavy atom. The van der Waals surface area contributed by atoms with E-state index in [1.807, 2.05) is 48.5 Å². The average molecular weight is 426 g/mol. The quantitative estimate of drug-likeness (QED) is 0.389. The molecule has 0 saturated heterocycles. The summed E-state index contributed by atoms with van der Waals surface area (Å²) >= 11 is 0. The van der Waals surface area contributed by atoms with E-state index in [2.05, 4.69) is 9.55 Å². The second-order valence-corrected chi connectivity index (χ2v) is 7.52. The van der Waals surface area contributed by atoms with E-state index in [1.165, 1.54) is 12.1 Å². The zero-order chi connectivity index (χ0) is 22.2. The van der Waals surface area contributed by atoms with Crippen LogP contribution in [0, 0.1) is 5.82 Å². The van der Waals surface area contributed by atoms with Crippen molar-refractivity contribution < 1.29 is 19.0 Å². The van der Waals surface area contributed by atoms with Crippen LogP contribution in [0.5, 0.6) is 5.75 Å². The van der Waals surface area contributed by atoms with E-state index in [4.69, 9.17) is 4.74 Å². The number of ether oxygens (including phenoxy) is 1. The molecule has 0 radical (unpaired) electrons. The highest BCUT2D eigenvalue weighted by atomic mass is 19.1. The molecule has 32 heavy (non-hydrogen) atoms. The van der Waals surface area contributed by atoms with Gasteiger partial charge in [0.15, 0.2) is 0 Å². The monoisotopic (exact) mass is 426 g/mol. The van der Waals surface area contributed by atoms with E-state index < -0.39 is 5.97 Å². The fourth-order valence-electron chi connectivity index (χ4n) is 4.07. The molecule has 1 N–H and O–H groups in total. The van der Waals surface area contributed by atoms with E-state index in [9.17, 15) is 14.3 Å². The van der Waals surface area contributed by atoms with E-state index in [0.717, 1.165) is 32.9 Å². The highest BCUT2D eigenvalue weighted by Gasteiger charge is 2.20. The summed E-state index contributed by atoms with van der Waals surface area (Å²) in [7, 11) is 1.59. The maximum atomic E-state index is 13.5. The van der Waals surface area contributed by atoms with Crippen molar-refractivity contribution in [2.45, 2.75) is 6.54 Å². The lowest BCUT2D eigenvalue weighted by Gasteiger charge is -2.12. The molecule has 3 aromatic carbocycles. The fourth-order valence-corrected chi connectivity index (χ4v) is 4.07. The predicted octanol–water partition coefficient (Wildman–Crippen LogP) is 5.75. The number of carbonyl (C=O) groups is 1. The number of carboxylic acids is 1. The van der Waals surface area contributed by atoms with Crippen molar-refractivity contribution in [1.82, 2.24) is 9.55 Å². The molecule has 0 aliphatic carbocycles. The van der Waals surface area contributed by atoms with Gasteiger partial charge in [-0.2, -0.15) is 0 Å². The third kappa shape index (κ3) is 3.36. The molecular weight excluding hydrogens is 407 g/mol. The van der Waals surface area contributed by atoms with Gasteiger partial charge in [-0.1, -0.05) is 30.3 Å². The van der Waals surface area contributed by atoms with Crippen LogP contribution in [0.4, 0.5) is 4.39 Å². The first-order valence-electron chi connectivity index (χ1n) is 10.1. The van der Waals surface area contributed by atoms with Gasteiger partial charge in [-0.15, -0.1) is 0 Å². The summed E-state index contributed by atoms with van der Waals surface area (Å²) in [6.45, 7) is 0.488. The van der Waals surface area contributed by atoms with Crippen LogP contribution in [0.15, 0.2) is 78.9 Å². The van der Waals surface area contributed by atoms with Gasteiger partial charge in [0.2, 0.25) is 0 Å². The van der Waals surface area contributed by atoms with Crippen LogP contribution in [0.2, 0.25) is 0 Å². The number of nitrogens with zero attached hydrogens (tertiary/aromatic N) is 2. The highest BCUT2D eigenvalue weighted by molar-refractivity contribution is 6.13. The summed E-state index contributed by atoms with van der Waals surface area (Å²) in [6, 6.07) is 23.2. The summed E-state index contributed by atoms with van der Waals surface area (Å²) < 4.78 is 20.8. The molecule has 0 aliphatic heterocycles. The number of fused-ring (bicyclic) bond motifs is 3.